The third kappa shape index (κ3) is 5.74. The Balaban J connectivity index is 1.30. The van der Waals surface area contributed by atoms with Gasteiger partial charge in [0, 0.05) is 24.4 Å². The topological polar surface area (TPSA) is 92.3 Å². The number of nitrogens with zero attached hydrogens (tertiary/aromatic N) is 3. The summed E-state index contributed by atoms with van der Waals surface area (Å²) < 4.78 is 27.8. The number of carbonyl (C=O) groups excluding carboxylic acids is 1. The summed E-state index contributed by atoms with van der Waals surface area (Å²) in [5.74, 6) is 0.668. The highest BCUT2D eigenvalue weighted by atomic mass is 32.2. The van der Waals surface area contributed by atoms with E-state index in [-0.39, 0.29) is 17.2 Å². The van der Waals surface area contributed by atoms with Crippen molar-refractivity contribution >= 4 is 44.0 Å². The van der Waals surface area contributed by atoms with Gasteiger partial charge in [0.25, 0.3) is 0 Å². The van der Waals surface area contributed by atoms with E-state index in [0.717, 1.165) is 29.4 Å². The van der Waals surface area contributed by atoms with Crippen LogP contribution in [0.2, 0.25) is 0 Å². The second-order valence-corrected chi connectivity index (χ2v) is 11.6. The molecule has 0 amide bonds. The zero-order chi connectivity index (χ0) is 22.4. The monoisotopic (exact) mass is 488 g/mol. The summed E-state index contributed by atoms with van der Waals surface area (Å²) in [6, 6.07) is 16.3. The van der Waals surface area contributed by atoms with Crippen LogP contribution in [0, 0.1) is 0 Å². The number of benzene rings is 2. The summed E-state index contributed by atoms with van der Waals surface area (Å²) in [7, 11) is -3.50. The van der Waals surface area contributed by atoms with Gasteiger partial charge in [-0.2, -0.15) is 4.31 Å². The predicted octanol–water partition coefficient (Wildman–Crippen LogP) is 4.30. The van der Waals surface area contributed by atoms with Crippen molar-refractivity contribution in [3.63, 3.8) is 0 Å². The number of nitrogens with one attached hydrogen (secondary N) is 1. The number of thioether (sulfide) groups is 1. The maximum atomic E-state index is 12.7. The Bertz CT molecular complexity index is 1140. The molecule has 2 aromatic carbocycles. The number of hydrogen-bond donors (Lipinski definition) is 1. The quantitative estimate of drug-likeness (QED) is 0.355. The number of anilines is 1. The van der Waals surface area contributed by atoms with Gasteiger partial charge in [-0.25, -0.2) is 8.42 Å². The number of aromatic nitrogens is 2. The summed E-state index contributed by atoms with van der Waals surface area (Å²) in [6.45, 7) is 1.18. The van der Waals surface area contributed by atoms with E-state index < -0.39 is 10.0 Å². The smallest absolute Gasteiger partial charge is 0.243 e. The number of hydrogen-bond acceptors (Lipinski definition) is 8. The van der Waals surface area contributed by atoms with Crippen LogP contribution < -0.4 is 5.32 Å². The van der Waals surface area contributed by atoms with E-state index in [2.05, 4.69) is 27.6 Å². The first kappa shape index (κ1) is 22.9. The van der Waals surface area contributed by atoms with Crippen LogP contribution in [0.25, 0.3) is 0 Å². The average molecular weight is 489 g/mol. The molecule has 4 rings (SSSR count). The van der Waals surface area contributed by atoms with E-state index in [1.54, 1.807) is 23.9 Å². The molecule has 0 radical (unpaired) electrons. The fourth-order valence-electron chi connectivity index (χ4n) is 3.38. The highest BCUT2D eigenvalue weighted by molar-refractivity contribution is 8.00. The van der Waals surface area contributed by atoms with E-state index in [1.165, 1.54) is 33.3 Å². The minimum absolute atomic E-state index is 0.0657. The molecule has 10 heteroatoms. The number of carbonyl (C=O) groups is 1. The van der Waals surface area contributed by atoms with Gasteiger partial charge in [0.2, 0.25) is 15.2 Å². The second kappa shape index (κ2) is 10.6. The molecule has 1 aliphatic heterocycles. The van der Waals surface area contributed by atoms with Crippen molar-refractivity contribution in [2.24, 2.45) is 0 Å². The molecule has 3 aromatic rings. The van der Waals surface area contributed by atoms with Gasteiger partial charge >= 0.3 is 0 Å². The first-order valence-electron chi connectivity index (χ1n) is 10.4. The van der Waals surface area contributed by atoms with Gasteiger partial charge in [-0.15, -0.1) is 10.2 Å². The Labute approximate surface area is 196 Å². The lowest BCUT2D eigenvalue weighted by molar-refractivity contribution is 0.101. The van der Waals surface area contributed by atoms with Crippen LogP contribution in [0.5, 0.6) is 0 Å². The van der Waals surface area contributed by atoms with Crippen molar-refractivity contribution in [3.8, 4) is 0 Å². The van der Waals surface area contributed by atoms with Crippen LogP contribution in [0.3, 0.4) is 0 Å². The molecule has 7 nitrogen and oxygen atoms in total. The number of sulfonamides is 1. The Morgan fingerprint density at radius 3 is 2.44 bits per heavy atom. The van der Waals surface area contributed by atoms with Crippen molar-refractivity contribution in [2.75, 3.05) is 25.0 Å². The third-order valence-electron chi connectivity index (χ3n) is 5.14. The van der Waals surface area contributed by atoms with Gasteiger partial charge in [0.15, 0.2) is 10.1 Å². The molecule has 0 spiro atoms. The van der Waals surface area contributed by atoms with E-state index in [1.807, 2.05) is 18.2 Å². The third-order valence-corrected chi connectivity index (χ3v) is 9.14. The van der Waals surface area contributed by atoms with E-state index in [0.29, 0.717) is 23.8 Å². The fourth-order valence-corrected chi connectivity index (χ4v) is 6.60. The molecule has 0 bridgehead atoms. The van der Waals surface area contributed by atoms with E-state index in [4.69, 9.17) is 0 Å². The molecule has 2 heterocycles. The molecule has 1 N–H and O–H groups in total. The number of ketones is 1. The van der Waals surface area contributed by atoms with Gasteiger partial charge in [-0.1, -0.05) is 59.9 Å². The summed E-state index contributed by atoms with van der Waals surface area (Å²) >= 11 is 3.00. The largest absolute Gasteiger partial charge is 0.353 e. The van der Waals surface area contributed by atoms with Crippen molar-refractivity contribution < 1.29 is 13.2 Å². The van der Waals surface area contributed by atoms with Crippen LogP contribution in [0.15, 0.2) is 63.8 Å². The summed E-state index contributed by atoms with van der Waals surface area (Å²) in [6.07, 6.45) is 2.84. The Morgan fingerprint density at radius 2 is 1.72 bits per heavy atom. The molecular formula is C22H24N4O3S3. The zero-order valence-electron chi connectivity index (χ0n) is 17.4. The Kier molecular flexibility index (Phi) is 7.56. The maximum absolute atomic E-state index is 12.7. The van der Waals surface area contributed by atoms with E-state index >= 15 is 0 Å². The maximum Gasteiger partial charge on any atom is 0.243 e. The Hall–Kier alpha value is -2.27. The van der Waals surface area contributed by atoms with Crippen molar-refractivity contribution in [3.05, 3.63) is 65.7 Å². The summed E-state index contributed by atoms with van der Waals surface area (Å²) in [4.78, 5) is 12.8. The second-order valence-electron chi connectivity index (χ2n) is 7.41. The molecular weight excluding hydrogens is 464 g/mol. The predicted molar refractivity (Wildman–Crippen MR) is 128 cm³/mol. The lowest BCUT2D eigenvalue weighted by Gasteiger charge is -2.25. The standard InChI is InChI=1S/C22H24N4O3S3/c27-20(15-23-21-24-25-22(31-21)30-16-17-7-3-1-4-8-17)18-9-11-19(12-10-18)32(28,29)26-13-5-2-6-14-26/h1,3-4,7-12H,2,5-6,13-16H2,(H,23,24). The van der Waals surface area contributed by atoms with Gasteiger partial charge in [-0.3, -0.25) is 4.79 Å². The lowest BCUT2D eigenvalue weighted by atomic mass is 10.1. The van der Waals surface area contributed by atoms with Crippen molar-refractivity contribution in [1.29, 1.82) is 0 Å². The van der Waals surface area contributed by atoms with Crippen LogP contribution >= 0.6 is 23.1 Å². The normalized spacial score (nSPS) is 14.9. The molecule has 0 aliphatic carbocycles. The number of piperidine rings is 1. The van der Waals surface area contributed by atoms with Crippen LogP contribution in [-0.4, -0.2) is 48.3 Å². The van der Waals surface area contributed by atoms with Crippen molar-refractivity contribution in [1.82, 2.24) is 14.5 Å². The number of Topliss-reactive ketones (excluding diaryl/α,β-unsaturated/α-hetero) is 1. The minimum atomic E-state index is -3.50. The zero-order valence-corrected chi connectivity index (χ0v) is 19.9. The molecule has 1 saturated heterocycles. The fraction of sp³-hybridized carbons (Fsp3) is 0.318. The average Bonchev–Trinajstić information content (AvgIpc) is 3.30. The molecule has 1 aromatic heterocycles. The number of rotatable bonds is 9. The molecule has 0 atom stereocenters. The van der Waals surface area contributed by atoms with Gasteiger partial charge in [0.1, 0.15) is 0 Å². The molecule has 1 fully saturated rings. The molecule has 0 unspecified atom stereocenters. The Morgan fingerprint density at radius 1 is 1.00 bits per heavy atom. The highest BCUT2D eigenvalue weighted by Gasteiger charge is 2.25. The molecule has 168 valence electrons. The first-order valence-corrected chi connectivity index (χ1v) is 13.6. The SMILES string of the molecule is O=C(CNc1nnc(SCc2ccccc2)s1)c1ccc(S(=O)(=O)N2CCCCC2)cc1. The van der Waals surface area contributed by atoms with E-state index in [9.17, 15) is 13.2 Å². The van der Waals surface area contributed by atoms with Gasteiger partial charge in [0.05, 0.1) is 11.4 Å². The highest BCUT2D eigenvalue weighted by Crippen LogP contribution is 2.28. The van der Waals surface area contributed by atoms with Crippen LogP contribution in [0.1, 0.15) is 35.2 Å². The first-order chi connectivity index (χ1) is 15.5. The lowest BCUT2D eigenvalue weighted by Crippen LogP contribution is -2.35. The van der Waals surface area contributed by atoms with Crippen LogP contribution in [0.4, 0.5) is 5.13 Å². The van der Waals surface area contributed by atoms with Crippen LogP contribution in [-0.2, 0) is 15.8 Å². The summed E-state index contributed by atoms with van der Waals surface area (Å²) in [5, 5.41) is 11.8. The molecule has 0 saturated carbocycles. The van der Waals surface area contributed by atoms with Gasteiger partial charge in [-0.05, 0) is 42.7 Å². The molecule has 32 heavy (non-hydrogen) atoms. The summed E-state index contributed by atoms with van der Waals surface area (Å²) in [5.41, 5.74) is 1.67. The van der Waals surface area contributed by atoms with Crippen molar-refractivity contribution in [2.45, 2.75) is 34.3 Å². The molecule has 1 aliphatic rings. The van der Waals surface area contributed by atoms with Gasteiger partial charge < -0.3 is 5.32 Å². The minimum Gasteiger partial charge on any atom is -0.353 e.